The fraction of sp³-hybridized carbons (Fsp3) is 0.562. The third-order valence-electron chi connectivity index (χ3n) is 3.32. The molecule has 106 valence electrons. The maximum atomic E-state index is 11.8. The second-order valence-corrected chi connectivity index (χ2v) is 5.38. The Labute approximate surface area is 116 Å². The number of carbonyl (C=O) groups excluding carboxylic acids is 1. The predicted molar refractivity (Wildman–Crippen MR) is 79.8 cm³/mol. The van der Waals surface area contributed by atoms with Gasteiger partial charge in [0.25, 0.3) is 0 Å². The van der Waals surface area contributed by atoms with E-state index in [0.29, 0.717) is 18.9 Å². The van der Waals surface area contributed by atoms with Crippen molar-refractivity contribution < 1.29 is 4.79 Å². The minimum Gasteiger partial charge on any atom is -0.353 e. The Hall–Kier alpha value is -1.35. The van der Waals surface area contributed by atoms with E-state index in [1.54, 1.807) is 0 Å². The van der Waals surface area contributed by atoms with E-state index < -0.39 is 0 Å². The standard InChI is InChI=1S/C16H26N2O/c1-13(10-11-17)8-9-16(19)18-14(2)12-15-6-4-3-5-7-15/h3-7,13-14H,8-12,17H2,1-2H3,(H,18,19). The minimum atomic E-state index is 0.146. The molecule has 3 heteroatoms. The van der Waals surface area contributed by atoms with E-state index in [1.165, 1.54) is 5.56 Å². The predicted octanol–water partition coefficient (Wildman–Crippen LogP) is 2.50. The highest BCUT2D eigenvalue weighted by molar-refractivity contribution is 5.76. The average Bonchev–Trinajstić information content (AvgIpc) is 2.38. The van der Waals surface area contributed by atoms with Crippen molar-refractivity contribution in [2.75, 3.05) is 6.54 Å². The lowest BCUT2D eigenvalue weighted by atomic mass is 10.0. The molecule has 0 spiro atoms. The molecule has 0 radical (unpaired) electrons. The molecule has 3 N–H and O–H groups in total. The summed E-state index contributed by atoms with van der Waals surface area (Å²) in [7, 11) is 0. The van der Waals surface area contributed by atoms with Crippen molar-refractivity contribution in [2.45, 2.75) is 45.6 Å². The van der Waals surface area contributed by atoms with E-state index in [9.17, 15) is 4.79 Å². The lowest BCUT2D eigenvalue weighted by Crippen LogP contribution is -2.34. The summed E-state index contributed by atoms with van der Waals surface area (Å²) in [6.45, 7) is 4.90. The molecule has 3 nitrogen and oxygen atoms in total. The fourth-order valence-electron chi connectivity index (χ4n) is 2.17. The molecule has 0 aromatic heterocycles. The molecule has 1 amide bonds. The van der Waals surface area contributed by atoms with E-state index in [4.69, 9.17) is 5.73 Å². The van der Waals surface area contributed by atoms with Crippen LogP contribution in [-0.2, 0) is 11.2 Å². The van der Waals surface area contributed by atoms with E-state index in [-0.39, 0.29) is 11.9 Å². The van der Waals surface area contributed by atoms with Crippen molar-refractivity contribution in [3.05, 3.63) is 35.9 Å². The first-order valence-electron chi connectivity index (χ1n) is 7.15. The number of nitrogens with two attached hydrogens (primary N) is 1. The third kappa shape index (κ3) is 6.97. The van der Waals surface area contributed by atoms with Gasteiger partial charge in [0.05, 0.1) is 0 Å². The Bertz CT molecular complexity index is 364. The minimum absolute atomic E-state index is 0.146. The molecular weight excluding hydrogens is 236 g/mol. The summed E-state index contributed by atoms with van der Waals surface area (Å²) < 4.78 is 0. The van der Waals surface area contributed by atoms with Gasteiger partial charge in [0.15, 0.2) is 0 Å². The number of benzene rings is 1. The number of nitrogens with one attached hydrogen (secondary N) is 1. The van der Waals surface area contributed by atoms with Crippen LogP contribution in [0.4, 0.5) is 0 Å². The van der Waals surface area contributed by atoms with Crippen molar-refractivity contribution >= 4 is 5.91 Å². The topological polar surface area (TPSA) is 55.1 Å². The van der Waals surface area contributed by atoms with Gasteiger partial charge in [-0.05, 0) is 44.2 Å². The van der Waals surface area contributed by atoms with Crippen LogP contribution >= 0.6 is 0 Å². The van der Waals surface area contributed by atoms with Gasteiger partial charge < -0.3 is 11.1 Å². The molecule has 1 aromatic rings. The smallest absolute Gasteiger partial charge is 0.220 e. The summed E-state index contributed by atoms with van der Waals surface area (Å²) in [5, 5.41) is 3.06. The van der Waals surface area contributed by atoms with Gasteiger partial charge in [-0.2, -0.15) is 0 Å². The maximum absolute atomic E-state index is 11.8. The summed E-state index contributed by atoms with van der Waals surface area (Å²) >= 11 is 0. The van der Waals surface area contributed by atoms with Crippen LogP contribution < -0.4 is 11.1 Å². The van der Waals surface area contributed by atoms with Crippen molar-refractivity contribution in [3.8, 4) is 0 Å². The lowest BCUT2D eigenvalue weighted by Gasteiger charge is -2.15. The van der Waals surface area contributed by atoms with Crippen molar-refractivity contribution in [1.82, 2.24) is 5.32 Å². The van der Waals surface area contributed by atoms with E-state index in [2.05, 4.69) is 24.4 Å². The molecule has 0 fully saturated rings. The molecule has 1 rings (SSSR count). The van der Waals surface area contributed by atoms with Gasteiger partial charge in [0, 0.05) is 12.5 Å². The molecule has 0 aliphatic carbocycles. The zero-order valence-corrected chi connectivity index (χ0v) is 12.1. The number of rotatable bonds is 8. The lowest BCUT2D eigenvalue weighted by molar-refractivity contribution is -0.121. The van der Waals surface area contributed by atoms with Crippen LogP contribution in [0.25, 0.3) is 0 Å². The van der Waals surface area contributed by atoms with Crippen molar-refractivity contribution in [3.63, 3.8) is 0 Å². The Balaban J connectivity index is 2.24. The van der Waals surface area contributed by atoms with Crippen LogP contribution in [0, 0.1) is 5.92 Å². The summed E-state index contributed by atoms with van der Waals surface area (Å²) in [4.78, 5) is 11.8. The number of hydrogen-bond donors (Lipinski definition) is 2. The van der Waals surface area contributed by atoms with E-state index in [0.717, 1.165) is 19.3 Å². The molecule has 0 saturated carbocycles. The first-order chi connectivity index (χ1) is 9.11. The summed E-state index contributed by atoms with van der Waals surface area (Å²) in [6, 6.07) is 10.4. The van der Waals surface area contributed by atoms with Crippen LogP contribution in [0.15, 0.2) is 30.3 Å². The van der Waals surface area contributed by atoms with Gasteiger partial charge in [0.1, 0.15) is 0 Å². The van der Waals surface area contributed by atoms with Gasteiger partial charge >= 0.3 is 0 Å². The molecule has 0 heterocycles. The van der Waals surface area contributed by atoms with Gasteiger partial charge in [-0.25, -0.2) is 0 Å². The van der Waals surface area contributed by atoms with Gasteiger partial charge in [-0.1, -0.05) is 37.3 Å². The second kappa shape index (κ2) is 8.70. The van der Waals surface area contributed by atoms with Gasteiger partial charge in [-0.3, -0.25) is 4.79 Å². The first-order valence-corrected chi connectivity index (χ1v) is 7.15. The highest BCUT2D eigenvalue weighted by Crippen LogP contribution is 2.09. The largest absolute Gasteiger partial charge is 0.353 e. The van der Waals surface area contributed by atoms with Crippen LogP contribution in [0.2, 0.25) is 0 Å². The molecule has 1 aromatic carbocycles. The van der Waals surface area contributed by atoms with Gasteiger partial charge in [0.2, 0.25) is 5.91 Å². The van der Waals surface area contributed by atoms with Crippen LogP contribution in [0.1, 0.15) is 38.7 Å². The normalized spacial score (nSPS) is 13.8. The van der Waals surface area contributed by atoms with E-state index >= 15 is 0 Å². The Morgan fingerprint density at radius 2 is 1.89 bits per heavy atom. The SMILES string of the molecule is CC(CCN)CCC(=O)NC(C)Cc1ccccc1. The Morgan fingerprint density at radius 3 is 2.53 bits per heavy atom. The zero-order chi connectivity index (χ0) is 14.1. The monoisotopic (exact) mass is 262 g/mol. The average molecular weight is 262 g/mol. The first kappa shape index (κ1) is 15.7. The number of carbonyl (C=O) groups is 1. The molecule has 2 unspecified atom stereocenters. The van der Waals surface area contributed by atoms with Crippen LogP contribution in [0.3, 0.4) is 0 Å². The summed E-state index contributed by atoms with van der Waals surface area (Å²) in [5.74, 6) is 0.674. The van der Waals surface area contributed by atoms with Crippen molar-refractivity contribution in [2.24, 2.45) is 11.7 Å². The van der Waals surface area contributed by atoms with E-state index in [1.807, 2.05) is 25.1 Å². The van der Waals surface area contributed by atoms with Crippen LogP contribution in [-0.4, -0.2) is 18.5 Å². The number of amides is 1. The maximum Gasteiger partial charge on any atom is 0.220 e. The fourth-order valence-corrected chi connectivity index (χ4v) is 2.17. The molecule has 2 atom stereocenters. The van der Waals surface area contributed by atoms with Gasteiger partial charge in [-0.15, -0.1) is 0 Å². The molecular formula is C16H26N2O. The quantitative estimate of drug-likeness (QED) is 0.756. The Morgan fingerprint density at radius 1 is 1.21 bits per heavy atom. The third-order valence-corrected chi connectivity index (χ3v) is 3.32. The van der Waals surface area contributed by atoms with Crippen molar-refractivity contribution in [1.29, 1.82) is 0 Å². The summed E-state index contributed by atoms with van der Waals surface area (Å²) in [5.41, 5.74) is 6.76. The highest BCUT2D eigenvalue weighted by Gasteiger charge is 2.09. The summed E-state index contributed by atoms with van der Waals surface area (Å²) in [6.07, 6.45) is 3.39. The van der Waals surface area contributed by atoms with Crippen LogP contribution in [0.5, 0.6) is 0 Å². The molecule has 19 heavy (non-hydrogen) atoms. The molecule has 0 aliphatic rings. The number of hydrogen-bond acceptors (Lipinski definition) is 2. The zero-order valence-electron chi connectivity index (χ0n) is 12.1. The molecule has 0 saturated heterocycles. The highest BCUT2D eigenvalue weighted by atomic mass is 16.1. The Kier molecular flexibility index (Phi) is 7.19. The second-order valence-electron chi connectivity index (χ2n) is 5.38. The molecule has 0 bridgehead atoms. The molecule has 0 aliphatic heterocycles.